The monoisotopic (exact) mass is 517 g/mol. The number of hydrogen-bond acceptors (Lipinski definition) is 8. The molecule has 0 heterocycles. The zero-order chi connectivity index (χ0) is 27.3. The number of rotatable bonds is 13. The number of nitrogens with one attached hydrogen (secondary N) is 1. The van der Waals surface area contributed by atoms with Crippen molar-refractivity contribution in [2.75, 3.05) is 25.6 Å². The van der Waals surface area contributed by atoms with Gasteiger partial charge in [-0.05, 0) is 55.0 Å². The van der Waals surface area contributed by atoms with Crippen molar-refractivity contribution in [3.05, 3.63) is 95.6 Å². The van der Waals surface area contributed by atoms with E-state index in [0.717, 1.165) is 0 Å². The van der Waals surface area contributed by atoms with Gasteiger partial charge in [-0.2, -0.15) is 0 Å². The molecule has 0 bridgehead atoms. The molecule has 0 aliphatic carbocycles. The summed E-state index contributed by atoms with van der Waals surface area (Å²) in [5.74, 6) is -1.59. The van der Waals surface area contributed by atoms with E-state index in [4.69, 9.17) is 14.2 Å². The molecule has 1 N–H and O–H groups in total. The Bertz CT molecular complexity index is 1270. The minimum atomic E-state index is -0.656. The molecule has 3 aromatic rings. The standard InChI is InChI=1S/C29H27NO8/c1-36-24-16-12-21(13-17-24)25(31)18-37-28(34)9-5-8-27(33)30-23-14-10-22(11-15-23)29(35)38-19-26(32)20-6-3-2-4-7-20/h2-4,6-7,10-17H,5,8-9,18-19H2,1H3,(H,30,33). The largest absolute Gasteiger partial charge is 0.497 e. The molecular weight excluding hydrogens is 490 g/mol. The number of ether oxygens (including phenoxy) is 3. The van der Waals surface area contributed by atoms with E-state index < -0.39 is 11.9 Å². The number of benzene rings is 3. The van der Waals surface area contributed by atoms with E-state index in [9.17, 15) is 24.0 Å². The van der Waals surface area contributed by atoms with Crippen LogP contribution in [0.3, 0.4) is 0 Å². The molecule has 3 rings (SSSR count). The first kappa shape index (κ1) is 27.8. The molecule has 9 heteroatoms. The van der Waals surface area contributed by atoms with Crippen LogP contribution in [-0.2, 0) is 19.1 Å². The number of amides is 1. The second kappa shape index (κ2) is 14.1. The number of Topliss-reactive ketones (excluding diaryl/α,β-unsaturated/α-hetero) is 2. The Morgan fingerprint density at radius 1 is 0.658 bits per heavy atom. The third-order valence-electron chi connectivity index (χ3n) is 5.40. The lowest BCUT2D eigenvalue weighted by Crippen LogP contribution is -2.16. The highest BCUT2D eigenvalue weighted by atomic mass is 16.5. The van der Waals surface area contributed by atoms with Gasteiger partial charge in [-0.1, -0.05) is 30.3 Å². The van der Waals surface area contributed by atoms with E-state index in [1.165, 1.54) is 31.4 Å². The number of esters is 2. The topological polar surface area (TPSA) is 125 Å². The molecule has 196 valence electrons. The van der Waals surface area contributed by atoms with Crippen LogP contribution in [0.1, 0.15) is 50.3 Å². The Morgan fingerprint density at radius 3 is 1.87 bits per heavy atom. The normalized spacial score (nSPS) is 10.2. The molecular formula is C29H27NO8. The van der Waals surface area contributed by atoms with Crippen molar-refractivity contribution in [1.82, 2.24) is 0 Å². The summed E-state index contributed by atoms with van der Waals surface area (Å²) in [7, 11) is 1.52. The molecule has 9 nitrogen and oxygen atoms in total. The average Bonchev–Trinajstić information content (AvgIpc) is 2.95. The van der Waals surface area contributed by atoms with E-state index in [1.54, 1.807) is 54.6 Å². The minimum absolute atomic E-state index is 0.0181. The second-order valence-corrected chi connectivity index (χ2v) is 8.16. The number of carbonyl (C=O) groups excluding carboxylic acids is 5. The minimum Gasteiger partial charge on any atom is -0.497 e. The van der Waals surface area contributed by atoms with Gasteiger partial charge in [0, 0.05) is 29.7 Å². The molecule has 0 unspecified atom stereocenters. The quantitative estimate of drug-likeness (QED) is 0.263. The molecule has 0 fully saturated rings. The lowest BCUT2D eigenvalue weighted by molar-refractivity contribution is -0.142. The van der Waals surface area contributed by atoms with Gasteiger partial charge < -0.3 is 19.5 Å². The van der Waals surface area contributed by atoms with Crippen molar-refractivity contribution < 1.29 is 38.2 Å². The van der Waals surface area contributed by atoms with Crippen molar-refractivity contribution in [3.8, 4) is 5.75 Å². The third kappa shape index (κ3) is 8.70. The summed E-state index contributed by atoms with van der Waals surface area (Å²) in [6, 6.07) is 21.0. The van der Waals surface area contributed by atoms with Crippen LogP contribution in [0, 0.1) is 0 Å². The number of ketones is 2. The van der Waals surface area contributed by atoms with Crippen molar-refractivity contribution in [3.63, 3.8) is 0 Å². The summed E-state index contributed by atoms with van der Waals surface area (Å²) in [4.78, 5) is 60.4. The molecule has 0 aromatic heterocycles. The van der Waals surface area contributed by atoms with Crippen LogP contribution in [0.5, 0.6) is 5.75 Å². The predicted octanol–water partition coefficient (Wildman–Crippen LogP) is 4.27. The first-order valence-corrected chi connectivity index (χ1v) is 11.8. The number of methoxy groups -OCH3 is 1. The Hall–Kier alpha value is -4.79. The molecule has 0 atom stereocenters. The second-order valence-electron chi connectivity index (χ2n) is 8.16. The zero-order valence-electron chi connectivity index (χ0n) is 20.8. The molecule has 1 amide bonds. The lowest BCUT2D eigenvalue weighted by atomic mass is 10.1. The van der Waals surface area contributed by atoms with Gasteiger partial charge in [0.15, 0.2) is 24.8 Å². The maximum absolute atomic E-state index is 12.2. The Kier molecular flexibility index (Phi) is 10.3. The van der Waals surface area contributed by atoms with Crippen molar-refractivity contribution in [2.45, 2.75) is 19.3 Å². The summed E-state index contributed by atoms with van der Waals surface area (Å²) >= 11 is 0. The highest BCUT2D eigenvalue weighted by Crippen LogP contribution is 2.13. The van der Waals surface area contributed by atoms with Gasteiger partial charge in [-0.3, -0.25) is 19.2 Å². The summed E-state index contributed by atoms with van der Waals surface area (Å²) in [5.41, 5.74) is 1.54. The maximum Gasteiger partial charge on any atom is 0.338 e. The van der Waals surface area contributed by atoms with Crippen molar-refractivity contribution in [1.29, 1.82) is 0 Å². The van der Waals surface area contributed by atoms with Gasteiger partial charge in [0.05, 0.1) is 12.7 Å². The van der Waals surface area contributed by atoms with Crippen LogP contribution in [0.4, 0.5) is 5.69 Å². The average molecular weight is 518 g/mol. The third-order valence-corrected chi connectivity index (χ3v) is 5.40. The molecule has 0 saturated carbocycles. The molecule has 38 heavy (non-hydrogen) atoms. The van der Waals surface area contributed by atoms with E-state index in [-0.39, 0.29) is 55.5 Å². The summed E-state index contributed by atoms with van der Waals surface area (Å²) in [5, 5.41) is 2.67. The maximum atomic E-state index is 12.2. The lowest BCUT2D eigenvalue weighted by Gasteiger charge is -2.08. The van der Waals surface area contributed by atoms with Gasteiger partial charge in [-0.25, -0.2) is 4.79 Å². The molecule has 3 aromatic carbocycles. The predicted molar refractivity (Wildman–Crippen MR) is 138 cm³/mol. The molecule has 0 spiro atoms. The first-order valence-electron chi connectivity index (χ1n) is 11.8. The van der Waals surface area contributed by atoms with Gasteiger partial charge >= 0.3 is 11.9 Å². The van der Waals surface area contributed by atoms with Crippen molar-refractivity contribution in [2.24, 2.45) is 0 Å². The zero-order valence-corrected chi connectivity index (χ0v) is 20.8. The van der Waals surface area contributed by atoms with Crippen LogP contribution in [0.15, 0.2) is 78.9 Å². The fourth-order valence-electron chi connectivity index (χ4n) is 3.31. The smallest absolute Gasteiger partial charge is 0.338 e. The SMILES string of the molecule is COc1ccc(C(=O)COC(=O)CCCC(=O)Nc2ccc(C(=O)OCC(=O)c3ccccc3)cc2)cc1. The van der Waals surface area contributed by atoms with E-state index in [2.05, 4.69) is 5.32 Å². The molecule has 0 aliphatic rings. The van der Waals surface area contributed by atoms with Gasteiger partial charge in [-0.15, -0.1) is 0 Å². The van der Waals surface area contributed by atoms with E-state index in [0.29, 0.717) is 22.6 Å². The van der Waals surface area contributed by atoms with Gasteiger partial charge in [0.2, 0.25) is 5.91 Å². The molecule has 0 radical (unpaired) electrons. The van der Waals surface area contributed by atoms with Crippen LogP contribution >= 0.6 is 0 Å². The van der Waals surface area contributed by atoms with Gasteiger partial charge in [0.25, 0.3) is 0 Å². The van der Waals surface area contributed by atoms with Gasteiger partial charge in [0.1, 0.15) is 5.75 Å². The highest BCUT2D eigenvalue weighted by molar-refractivity contribution is 6.00. The number of anilines is 1. The van der Waals surface area contributed by atoms with Crippen molar-refractivity contribution >= 4 is 35.1 Å². The Morgan fingerprint density at radius 2 is 1.24 bits per heavy atom. The number of carbonyl (C=O) groups is 5. The van der Waals surface area contributed by atoms with Crippen LogP contribution < -0.4 is 10.1 Å². The van der Waals surface area contributed by atoms with E-state index in [1.807, 2.05) is 0 Å². The number of hydrogen-bond donors (Lipinski definition) is 1. The molecule has 0 saturated heterocycles. The summed E-state index contributed by atoms with van der Waals surface area (Å²) in [6.45, 7) is -0.758. The molecule has 0 aliphatic heterocycles. The Labute approximate surface area is 219 Å². The summed E-state index contributed by atoms with van der Waals surface area (Å²) < 4.78 is 15.1. The fraction of sp³-hybridized carbons (Fsp3) is 0.207. The summed E-state index contributed by atoms with van der Waals surface area (Å²) in [6.07, 6.45) is 0.282. The van der Waals surface area contributed by atoms with Crippen LogP contribution in [0.25, 0.3) is 0 Å². The van der Waals surface area contributed by atoms with Crippen LogP contribution in [0.2, 0.25) is 0 Å². The first-order chi connectivity index (χ1) is 18.4. The fourth-order valence-corrected chi connectivity index (χ4v) is 3.31. The van der Waals surface area contributed by atoms with Crippen LogP contribution in [-0.4, -0.2) is 49.7 Å². The highest BCUT2D eigenvalue weighted by Gasteiger charge is 2.13. The Balaban J connectivity index is 1.34. The van der Waals surface area contributed by atoms with E-state index >= 15 is 0 Å².